The highest BCUT2D eigenvalue weighted by atomic mass is 35.5. The Balaban J connectivity index is 1.45. The summed E-state index contributed by atoms with van der Waals surface area (Å²) in [6.45, 7) is -0.0749. The van der Waals surface area contributed by atoms with Crippen molar-refractivity contribution in [1.82, 2.24) is 4.98 Å². The largest absolute Gasteiger partial charge is 0.443 e. The van der Waals surface area contributed by atoms with Crippen molar-refractivity contribution in [3.05, 3.63) is 88.2 Å². The summed E-state index contributed by atoms with van der Waals surface area (Å²) in [6, 6.07) is 18.4. The van der Waals surface area contributed by atoms with Crippen molar-refractivity contribution < 1.29 is 19.1 Å². The molecule has 9 heteroatoms. The summed E-state index contributed by atoms with van der Waals surface area (Å²) < 4.78 is 10.3. The van der Waals surface area contributed by atoms with E-state index >= 15 is 0 Å². The van der Waals surface area contributed by atoms with Crippen molar-refractivity contribution in [2.45, 2.75) is 13.2 Å². The van der Waals surface area contributed by atoms with E-state index in [0.29, 0.717) is 32.8 Å². The van der Waals surface area contributed by atoms with Gasteiger partial charge in [-0.3, -0.25) is 15.6 Å². The lowest BCUT2D eigenvalue weighted by atomic mass is 10.3. The van der Waals surface area contributed by atoms with Crippen LogP contribution in [-0.2, 0) is 22.7 Å². The van der Waals surface area contributed by atoms with Crippen LogP contribution >= 0.6 is 23.2 Å². The summed E-state index contributed by atoms with van der Waals surface area (Å²) >= 11 is 11.6. The number of halogens is 2. The summed E-state index contributed by atoms with van der Waals surface area (Å²) in [4.78, 5) is 28.1. The smallest absolute Gasteiger partial charge is 0.412 e. The van der Waals surface area contributed by atoms with Crippen molar-refractivity contribution in [2.24, 2.45) is 0 Å². The van der Waals surface area contributed by atoms with E-state index in [1.54, 1.807) is 66.7 Å². The lowest BCUT2D eigenvalue weighted by Gasteiger charge is -2.09. The highest BCUT2D eigenvalue weighted by molar-refractivity contribution is 6.30. The van der Waals surface area contributed by atoms with Crippen molar-refractivity contribution in [1.29, 1.82) is 0 Å². The van der Waals surface area contributed by atoms with E-state index in [2.05, 4.69) is 15.6 Å². The quantitative estimate of drug-likeness (QED) is 0.493. The first kappa shape index (κ1) is 21.4. The SMILES string of the molecule is O=C(Nc1ccc(Cl)cc1)OCc1cccc(COC(=O)Nc2ccc(Cl)cc2)n1. The number of pyridine rings is 1. The molecule has 2 aromatic carbocycles. The maximum Gasteiger partial charge on any atom is 0.412 e. The molecule has 0 fully saturated rings. The van der Waals surface area contributed by atoms with Crippen molar-refractivity contribution >= 4 is 46.8 Å². The first-order chi connectivity index (χ1) is 14.5. The maximum atomic E-state index is 11.9. The first-order valence-corrected chi connectivity index (χ1v) is 9.57. The molecule has 0 spiro atoms. The number of anilines is 2. The Morgan fingerprint density at radius 2 is 1.10 bits per heavy atom. The molecule has 0 aliphatic heterocycles. The van der Waals surface area contributed by atoms with E-state index < -0.39 is 12.2 Å². The summed E-state index contributed by atoms with van der Waals surface area (Å²) in [5.74, 6) is 0. The normalized spacial score (nSPS) is 10.2. The number of nitrogens with one attached hydrogen (secondary N) is 2. The first-order valence-electron chi connectivity index (χ1n) is 8.81. The van der Waals surface area contributed by atoms with Gasteiger partial charge in [-0.2, -0.15) is 0 Å². The molecule has 1 heterocycles. The molecule has 2 N–H and O–H groups in total. The van der Waals surface area contributed by atoms with Crippen LogP contribution in [-0.4, -0.2) is 17.2 Å². The topological polar surface area (TPSA) is 89.5 Å². The molecule has 0 bridgehead atoms. The Morgan fingerprint density at radius 3 is 1.50 bits per heavy atom. The van der Waals surface area contributed by atoms with Crippen molar-refractivity contribution in [2.75, 3.05) is 10.6 Å². The second kappa shape index (κ2) is 10.5. The zero-order valence-electron chi connectivity index (χ0n) is 15.6. The Labute approximate surface area is 182 Å². The fourth-order valence-corrected chi connectivity index (χ4v) is 2.60. The van der Waals surface area contributed by atoms with Crippen LogP contribution in [0.3, 0.4) is 0 Å². The zero-order valence-corrected chi connectivity index (χ0v) is 17.1. The van der Waals surface area contributed by atoms with E-state index in [4.69, 9.17) is 32.7 Å². The molecule has 0 radical (unpaired) electrons. The molecule has 30 heavy (non-hydrogen) atoms. The Bertz CT molecular complexity index is 933. The monoisotopic (exact) mass is 445 g/mol. The minimum absolute atomic E-state index is 0.0375. The van der Waals surface area contributed by atoms with Gasteiger partial charge in [-0.15, -0.1) is 0 Å². The third-order valence-electron chi connectivity index (χ3n) is 3.75. The molecular formula is C21H17Cl2N3O4. The molecule has 0 saturated carbocycles. The highest BCUT2D eigenvalue weighted by Crippen LogP contribution is 2.15. The molecule has 0 aliphatic carbocycles. The second-order valence-electron chi connectivity index (χ2n) is 6.04. The van der Waals surface area contributed by atoms with Gasteiger partial charge < -0.3 is 9.47 Å². The van der Waals surface area contributed by atoms with Crippen molar-refractivity contribution in [3.63, 3.8) is 0 Å². The molecular weight excluding hydrogens is 429 g/mol. The maximum absolute atomic E-state index is 11.9. The van der Waals surface area contributed by atoms with Crippen LogP contribution in [0.15, 0.2) is 66.7 Å². The second-order valence-corrected chi connectivity index (χ2v) is 6.91. The lowest BCUT2D eigenvalue weighted by Crippen LogP contribution is -2.15. The molecule has 0 saturated heterocycles. The number of benzene rings is 2. The highest BCUT2D eigenvalue weighted by Gasteiger charge is 2.08. The van der Waals surface area contributed by atoms with Gasteiger partial charge in [0, 0.05) is 21.4 Å². The summed E-state index contributed by atoms with van der Waals surface area (Å²) in [6.07, 6.45) is -1.24. The average Bonchev–Trinajstić information content (AvgIpc) is 2.74. The number of hydrogen-bond donors (Lipinski definition) is 2. The van der Waals surface area contributed by atoms with Crippen molar-refractivity contribution in [3.8, 4) is 0 Å². The molecule has 0 unspecified atom stereocenters. The average molecular weight is 446 g/mol. The fourth-order valence-electron chi connectivity index (χ4n) is 2.34. The Kier molecular flexibility index (Phi) is 7.48. The molecule has 0 aliphatic rings. The number of ether oxygens (including phenoxy) is 2. The van der Waals surface area contributed by atoms with E-state index in [-0.39, 0.29) is 13.2 Å². The Morgan fingerprint density at radius 1 is 0.700 bits per heavy atom. The molecule has 7 nitrogen and oxygen atoms in total. The molecule has 154 valence electrons. The zero-order chi connectivity index (χ0) is 21.3. The minimum atomic E-state index is -0.622. The number of carbonyl (C=O) groups is 2. The molecule has 1 aromatic heterocycles. The lowest BCUT2D eigenvalue weighted by molar-refractivity contribution is 0.150. The van der Waals surface area contributed by atoms with Crippen LogP contribution in [0.25, 0.3) is 0 Å². The number of nitrogens with zero attached hydrogens (tertiary/aromatic N) is 1. The van der Waals surface area contributed by atoms with Crippen LogP contribution < -0.4 is 10.6 Å². The summed E-state index contributed by atoms with van der Waals surface area (Å²) in [7, 11) is 0. The standard InChI is InChI=1S/C21H17Cl2N3O4/c22-14-4-8-16(9-5-14)25-20(27)29-12-18-2-1-3-19(24-18)13-30-21(28)26-17-10-6-15(23)7-11-17/h1-11H,12-13H2,(H,25,27)(H,26,28). The van der Waals surface area contributed by atoms with Crippen LogP contribution in [0.5, 0.6) is 0 Å². The number of carbonyl (C=O) groups excluding carboxylic acids is 2. The number of rotatable bonds is 6. The van der Waals surface area contributed by atoms with E-state index in [0.717, 1.165) is 0 Å². The fraction of sp³-hybridized carbons (Fsp3) is 0.0952. The van der Waals surface area contributed by atoms with Crippen LogP contribution in [0.1, 0.15) is 11.4 Å². The van der Waals surface area contributed by atoms with Gasteiger partial charge in [-0.05, 0) is 60.7 Å². The van der Waals surface area contributed by atoms with Gasteiger partial charge in [-0.1, -0.05) is 29.3 Å². The van der Waals surface area contributed by atoms with Gasteiger partial charge in [0.05, 0.1) is 11.4 Å². The van der Waals surface area contributed by atoms with Gasteiger partial charge in [0.1, 0.15) is 13.2 Å². The Hall–Kier alpha value is -3.29. The van der Waals surface area contributed by atoms with E-state index in [1.165, 1.54) is 0 Å². The van der Waals surface area contributed by atoms with Gasteiger partial charge in [0.15, 0.2) is 0 Å². The van der Waals surface area contributed by atoms with E-state index in [9.17, 15) is 9.59 Å². The predicted molar refractivity (Wildman–Crippen MR) is 115 cm³/mol. The minimum Gasteiger partial charge on any atom is -0.443 e. The molecule has 2 amide bonds. The number of aromatic nitrogens is 1. The van der Waals surface area contributed by atoms with Gasteiger partial charge in [0.25, 0.3) is 0 Å². The summed E-state index contributed by atoms with van der Waals surface area (Å²) in [5.41, 5.74) is 2.15. The number of amides is 2. The van der Waals surface area contributed by atoms with Gasteiger partial charge in [0.2, 0.25) is 0 Å². The van der Waals surface area contributed by atoms with Gasteiger partial charge >= 0.3 is 12.2 Å². The third kappa shape index (κ3) is 6.95. The predicted octanol–water partition coefficient (Wildman–Crippen LogP) is 5.89. The molecule has 0 atom stereocenters. The van der Waals surface area contributed by atoms with Gasteiger partial charge in [-0.25, -0.2) is 9.59 Å². The molecule has 3 rings (SSSR count). The van der Waals surface area contributed by atoms with Crippen LogP contribution in [0.4, 0.5) is 21.0 Å². The van der Waals surface area contributed by atoms with Crippen LogP contribution in [0.2, 0.25) is 10.0 Å². The molecule has 3 aromatic rings. The van der Waals surface area contributed by atoms with E-state index in [1.807, 2.05) is 0 Å². The number of hydrogen-bond acceptors (Lipinski definition) is 5. The third-order valence-corrected chi connectivity index (χ3v) is 4.25. The van der Waals surface area contributed by atoms with Crippen LogP contribution in [0, 0.1) is 0 Å². The summed E-state index contributed by atoms with van der Waals surface area (Å²) in [5, 5.41) is 6.31.